The molecular formula is C15H28N2O. The molecule has 2 heterocycles. The van der Waals surface area contributed by atoms with Crippen LogP contribution in [0.1, 0.15) is 59.3 Å². The van der Waals surface area contributed by atoms with Crippen molar-refractivity contribution in [2.24, 2.45) is 5.41 Å². The summed E-state index contributed by atoms with van der Waals surface area (Å²) in [4.78, 5) is 15.2. The van der Waals surface area contributed by atoms with E-state index < -0.39 is 0 Å². The van der Waals surface area contributed by atoms with E-state index in [0.717, 1.165) is 32.4 Å². The van der Waals surface area contributed by atoms with Crippen LogP contribution in [0.15, 0.2) is 0 Å². The zero-order valence-electron chi connectivity index (χ0n) is 12.2. The van der Waals surface area contributed by atoms with Gasteiger partial charge in [-0.3, -0.25) is 4.79 Å². The van der Waals surface area contributed by atoms with Crippen LogP contribution < -0.4 is 5.32 Å². The lowest BCUT2D eigenvalue weighted by molar-refractivity contribution is -0.148. The Bertz CT molecular complexity index is 287. The Balaban J connectivity index is 2.16. The largest absolute Gasteiger partial charge is 0.337 e. The highest BCUT2D eigenvalue weighted by atomic mass is 16.2. The third-order valence-electron chi connectivity index (χ3n) is 4.85. The number of amides is 1. The molecule has 0 aromatic rings. The summed E-state index contributed by atoms with van der Waals surface area (Å²) in [5, 5.41) is 3.40. The van der Waals surface area contributed by atoms with Crippen LogP contribution in [0.5, 0.6) is 0 Å². The maximum absolute atomic E-state index is 13.0. The number of nitrogens with zero attached hydrogens (tertiary/aromatic N) is 1. The normalized spacial score (nSPS) is 36.9. The molecule has 1 unspecified atom stereocenters. The van der Waals surface area contributed by atoms with Crippen LogP contribution in [0.3, 0.4) is 0 Å². The Morgan fingerprint density at radius 3 is 2.50 bits per heavy atom. The number of piperidine rings is 1. The highest BCUT2D eigenvalue weighted by Crippen LogP contribution is 2.36. The summed E-state index contributed by atoms with van der Waals surface area (Å²) in [6, 6.07) is 0.853. The molecule has 0 aromatic carbocycles. The topological polar surface area (TPSA) is 32.3 Å². The molecule has 0 aromatic heterocycles. The first-order chi connectivity index (χ1) is 8.60. The number of nitrogens with one attached hydrogen (secondary N) is 1. The fraction of sp³-hybridized carbons (Fsp3) is 0.933. The SMILES string of the molecule is CCCC1(C(=O)N2[C@H](C)CCC[C@@H]2C)CCNC1. The molecule has 3 atom stereocenters. The Morgan fingerprint density at radius 1 is 1.33 bits per heavy atom. The van der Waals surface area contributed by atoms with Gasteiger partial charge in [0, 0.05) is 18.6 Å². The van der Waals surface area contributed by atoms with Gasteiger partial charge in [-0.2, -0.15) is 0 Å². The fourth-order valence-electron chi connectivity index (χ4n) is 3.82. The van der Waals surface area contributed by atoms with Crippen molar-refractivity contribution in [2.45, 2.75) is 71.4 Å². The van der Waals surface area contributed by atoms with Gasteiger partial charge in [-0.15, -0.1) is 0 Å². The lowest BCUT2D eigenvalue weighted by Crippen LogP contribution is -2.54. The molecule has 1 amide bonds. The van der Waals surface area contributed by atoms with E-state index in [1.807, 2.05) is 0 Å². The summed E-state index contributed by atoms with van der Waals surface area (Å²) in [5.41, 5.74) is -0.103. The highest BCUT2D eigenvalue weighted by Gasteiger charge is 2.45. The van der Waals surface area contributed by atoms with Crippen molar-refractivity contribution in [3.63, 3.8) is 0 Å². The third kappa shape index (κ3) is 2.42. The molecule has 0 saturated carbocycles. The molecule has 0 radical (unpaired) electrons. The van der Waals surface area contributed by atoms with E-state index in [9.17, 15) is 4.79 Å². The van der Waals surface area contributed by atoms with Gasteiger partial charge in [0.2, 0.25) is 5.91 Å². The monoisotopic (exact) mass is 252 g/mol. The first-order valence-corrected chi connectivity index (χ1v) is 7.64. The molecule has 0 bridgehead atoms. The van der Waals surface area contributed by atoms with Crippen molar-refractivity contribution in [3.05, 3.63) is 0 Å². The van der Waals surface area contributed by atoms with Gasteiger partial charge in [-0.05, 0) is 52.5 Å². The lowest BCUT2D eigenvalue weighted by atomic mass is 9.79. The Labute approximate surface area is 111 Å². The predicted molar refractivity (Wildman–Crippen MR) is 74.4 cm³/mol. The van der Waals surface area contributed by atoms with Gasteiger partial charge in [0.05, 0.1) is 5.41 Å². The number of likely N-dealkylation sites (tertiary alicyclic amines) is 1. The van der Waals surface area contributed by atoms with E-state index in [1.54, 1.807) is 0 Å². The van der Waals surface area contributed by atoms with Crippen molar-refractivity contribution in [1.29, 1.82) is 0 Å². The van der Waals surface area contributed by atoms with Crippen molar-refractivity contribution >= 4 is 5.91 Å². The molecule has 18 heavy (non-hydrogen) atoms. The van der Waals surface area contributed by atoms with Gasteiger partial charge < -0.3 is 10.2 Å². The van der Waals surface area contributed by atoms with Gasteiger partial charge in [-0.1, -0.05) is 13.3 Å². The van der Waals surface area contributed by atoms with Crippen LogP contribution in [0.4, 0.5) is 0 Å². The minimum atomic E-state index is -0.103. The van der Waals surface area contributed by atoms with Crippen LogP contribution >= 0.6 is 0 Å². The summed E-state index contributed by atoms with van der Waals surface area (Å²) < 4.78 is 0. The molecule has 0 spiro atoms. The fourth-order valence-corrected chi connectivity index (χ4v) is 3.82. The van der Waals surface area contributed by atoms with E-state index >= 15 is 0 Å². The number of rotatable bonds is 3. The standard InChI is InChI=1S/C15H28N2O/c1-4-8-15(9-10-16-11-15)14(18)17-12(2)6-5-7-13(17)3/h12-13,16H,4-11H2,1-3H3/t12-,13+,15?. The molecule has 104 valence electrons. The van der Waals surface area contributed by atoms with Crippen LogP contribution in [0, 0.1) is 5.41 Å². The number of hydrogen-bond acceptors (Lipinski definition) is 2. The smallest absolute Gasteiger partial charge is 0.230 e. The zero-order chi connectivity index (χ0) is 13.2. The van der Waals surface area contributed by atoms with Gasteiger partial charge >= 0.3 is 0 Å². The van der Waals surface area contributed by atoms with E-state index in [-0.39, 0.29) is 5.41 Å². The maximum Gasteiger partial charge on any atom is 0.230 e. The first-order valence-electron chi connectivity index (χ1n) is 7.64. The van der Waals surface area contributed by atoms with Crippen LogP contribution in [-0.2, 0) is 4.79 Å². The van der Waals surface area contributed by atoms with Crippen molar-refractivity contribution in [3.8, 4) is 0 Å². The van der Waals surface area contributed by atoms with Crippen molar-refractivity contribution in [2.75, 3.05) is 13.1 Å². The second-order valence-corrected chi connectivity index (χ2v) is 6.30. The number of carbonyl (C=O) groups is 1. The average Bonchev–Trinajstić information content (AvgIpc) is 2.79. The van der Waals surface area contributed by atoms with E-state index in [0.29, 0.717) is 18.0 Å². The third-order valence-corrected chi connectivity index (χ3v) is 4.85. The minimum Gasteiger partial charge on any atom is -0.337 e. The molecule has 3 nitrogen and oxygen atoms in total. The van der Waals surface area contributed by atoms with Crippen molar-refractivity contribution in [1.82, 2.24) is 10.2 Å². The van der Waals surface area contributed by atoms with Crippen molar-refractivity contribution < 1.29 is 4.79 Å². The molecule has 2 aliphatic heterocycles. The number of hydrogen-bond donors (Lipinski definition) is 1. The predicted octanol–water partition coefficient (Wildman–Crippen LogP) is 2.56. The summed E-state index contributed by atoms with van der Waals surface area (Å²) >= 11 is 0. The Hall–Kier alpha value is -0.570. The summed E-state index contributed by atoms with van der Waals surface area (Å²) in [6.45, 7) is 8.51. The summed E-state index contributed by atoms with van der Waals surface area (Å²) in [6.07, 6.45) is 6.77. The van der Waals surface area contributed by atoms with Gasteiger partial charge in [0.25, 0.3) is 0 Å². The second kappa shape index (κ2) is 5.60. The van der Waals surface area contributed by atoms with E-state index in [1.165, 1.54) is 19.3 Å². The van der Waals surface area contributed by atoms with Crippen LogP contribution in [0.2, 0.25) is 0 Å². The van der Waals surface area contributed by atoms with E-state index in [2.05, 4.69) is 31.0 Å². The molecular weight excluding hydrogens is 224 g/mol. The van der Waals surface area contributed by atoms with Gasteiger partial charge in [-0.25, -0.2) is 0 Å². The molecule has 2 fully saturated rings. The molecule has 2 aliphatic rings. The lowest BCUT2D eigenvalue weighted by Gasteiger charge is -2.44. The molecule has 2 saturated heterocycles. The van der Waals surface area contributed by atoms with Crippen LogP contribution in [0.25, 0.3) is 0 Å². The molecule has 0 aliphatic carbocycles. The first kappa shape index (κ1) is 13.9. The Kier molecular flexibility index (Phi) is 4.31. The molecule has 2 rings (SSSR count). The summed E-state index contributed by atoms with van der Waals surface area (Å²) in [5.74, 6) is 0.425. The molecule has 3 heteroatoms. The van der Waals surface area contributed by atoms with E-state index in [4.69, 9.17) is 0 Å². The van der Waals surface area contributed by atoms with Gasteiger partial charge in [0.15, 0.2) is 0 Å². The quantitative estimate of drug-likeness (QED) is 0.837. The molecule has 1 N–H and O–H groups in total. The minimum absolute atomic E-state index is 0.103. The zero-order valence-corrected chi connectivity index (χ0v) is 12.2. The Morgan fingerprint density at radius 2 is 2.00 bits per heavy atom. The highest BCUT2D eigenvalue weighted by molar-refractivity contribution is 5.84. The second-order valence-electron chi connectivity index (χ2n) is 6.30. The summed E-state index contributed by atoms with van der Waals surface area (Å²) in [7, 11) is 0. The van der Waals surface area contributed by atoms with Gasteiger partial charge in [0.1, 0.15) is 0 Å². The number of carbonyl (C=O) groups excluding carboxylic acids is 1. The average molecular weight is 252 g/mol. The van der Waals surface area contributed by atoms with Crippen LogP contribution in [-0.4, -0.2) is 36.0 Å². The maximum atomic E-state index is 13.0.